The number of nitrogens with zero attached hydrogens (tertiary/aromatic N) is 1. The lowest BCUT2D eigenvalue weighted by atomic mass is 10.0. The summed E-state index contributed by atoms with van der Waals surface area (Å²) in [5, 5.41) is 3.13. The van der Waals surface area contributed by atoms with Crippen LogP contribution in [-0.2, 0) is 9.84 Å². The molecule has 1 aliphatic heterocycles. The Labute approximate surface area is 110 Å². The number of halogens is 1. The number of carbonyl (C=O) groups excluding carboxylic acids is 1. The van der Waals surface area contributed by atoms with Gasteiger partial charge in [-0.25, -0.2) is 8.42 Å². The second-order valence-electron chi connectivity index (χ2n) is 4.72. The molecule has 1 saturated heterocycles. The Kier molecular flexibility index (Phi) is 3.33. The highest BCUT2D eigenvalue weighted by atomic mass is 35.5. The second-order valence-corrected chi connectivity index (χ2v) is 7.34. The summed E-state index contributed by atoms with van der Waals surface area (Å²) in [7, 11) is -3.05. The molecule has 1 aromatic rings. The fraction of sp³-hybridized carbons (Fsp3) is 0.455. The normalized spacial score (nSPS) is 25.9. The zero-order valence-corrected chi connectivity index (χ0v) is 11.4. The predicted molar refractivity (Wildman–Crippen MR) is 68.4 cm³/mol. The molecule has 1 atom stereocenters. The van der Waals surface area contributed by atoms with E-state index < -0.39 is 21.3 Å². The highest BCUT2D eigenvalue weighted by Crippen LogP contribution is 2.23. The van der Waals surface area contributed by atoms with Crippen LogP contribution in [0.3, 0.4) is 0 Å². The Bertz CT molecular complexity index is 588. The van der Waals surface area contributed by atoms with Crippen LogP contribution in [0, 0.1) is 0 Å². The summed E-state index contributed by atoms with van der Waals surface area (Å²) in [6, 6.07) is 3.02. The van der Waals surface area contributed by atoms with E-state index in [9.17, 15) is 13.2 Å². The van der Waals surface area contributed by atoms with E-state index in [4.69, 9.17) is 11.6 Å². The van der Waals surface area contributed by atoms with E-state index in [1.165, 1.54) is 12.3 Å². The molecular formula is C11H13ClN2O3S. The van der Waals surface area contributed by atoms with E-state index in [1.54, 1.807) is 13.0 Å². The number of nitrogens with one attached hydrogen (secondary N) is 1. The van der Waals surface area contributed by atoms with Crippen molar-refractivity contribution in [2.75, 3.05) is 11.5 Å². The molecule has 0 bridgehead atoms. The summed E-state index contributed by atoms with van der Waals surface area (Å²) in [6.45, 7) is 1.72. The van der Waals surface area contributed by atoms with Gasteiger partial charge in [-0.05, 0) is 25.5 Å². The number of sulfone groups is 1. The third kappa shape index (κ3) is 3.00. The predicted octanol–water partition coefficient (Wildman–Crippen LogP) is 1.04. The van der Waals surface area contributed by atoms with Crippen molar-refractivity contribution in [1.82, 2.24) is 10.3 Å². The van der Waals surface area contributed by atoms with Crippen LogP contribution in [0.25, 0.3) is 0 Å². The minimum absolute atomic E-state index is 0.0354. The van der Waals surface area contributed by atoms with E-state index in [-0.39, 0.29) is 17.2 Å². The monoisotopic (exact) mass is 288 g/mol. The Morgan fingerprint density at radius 2 is 2.28 bits per heavy atom. The molecule has 0 unspecified atom stereocenters. The van der Waals surface area contributed by atoms with Gasteiger partial charge in [0.05, 0.1) is 17.0 Å². The molecule has 7 heteroatoms. The molecule has 5 nitrogen and oxygen atoms in total. The first-order valence-corrected chi connectivity index (χ1v) is 7.64. The number of hydrogen-bond acceptors (Lipinski definition) is 4. The number of pyridine rings is 1. The lowest BCUT2D eigenvalue weighted by molar-refractivity contribution is 0.0910. The Hall–Kier alpha value is -1.14. The van der Waals surface area contributed by atoms with Crippen LogP contribution in [0.1, 0.15) is 23.8 Å². The molecule has 98 valence electrons. The minimum Gasteiger partial charge on any atom is -0.344 e. The average molecular weight is 289 g/mol. The number of amides is 1. The zero-order chi connectivity index (χ0) is 13.4. The highest BCUT2D eigenvalue weighted by molar-refractivity contribution is 7.91. The third-order valence-corrected chi connectivity index (χ3v) is 5.01. The molecule has 2 rings (SSSR count). The molecule has 1 aromatic heterocycles. The first-order valence-electron chi connectivity index (χ1n) is 5.44. The van der Waals surface area contributed by atoms with Gasteiger partial charge in [0.1, 0.15) is 5.69 Å². The lowest BCUT2D eigenvalue weighted by Gasteiger charge is -2.23. The molecule has 1 aliphatic rings. The molecule has 0 aromatic carbocycles. The first kappa shape index (κ1) is 13.3. The van der Waals surface area contributed by atoms with Crippen LogP contribution in [0.2, 0.25) is 5.02 Å². The fourth-order valence-electron chi connectivity index (χ4n) is 1.98. The van der Waals surface area contributed by atoms with Crippen molar-refractivity contribution >= 4 is 27.3 Å². The Morgan fingerprint density at radius 3 is 2.83 bits per heavy atom. The van der Waals surface area contributed by atoms with Gasteiger partial charge in [0.2, 0.25) is 0 Å². The maximum atomic E-state index is 11.9. The molecule has 0 spiro atoms. The van der Waals surface area contributed by atoms with Crippen LogP contribution < -0.4 is 5.32 Å². The van der Waals surface area contributed by atoms with Gasteiger partial charge in [-0.2, -0.15) is 0 Å². The maximum absolute atomic E-state index is 11.9. The van der Waals surface area contributed by atoms with E-state index in [2.05, 4.69) is 10.3 Å². The van der Waals surface area contributed by atoms with Crippen LogP contribution in [0.5, 0.6) is 0 Å². The van der Waals surface area contributed by atoms with E-state index >= 15 is 0 Å². The first-order chi connectivity index (χ1) is 8.30. The number of rotatable bonds is 2. The van der Waals surface area contributed by atoms with Crippen molar-refractivity contribution in [2.24, 2.45) is 0 Å². The Morgan fingerprint density at radius 1 is 1.56 bits per heavy atom. The summed E-state index contributed by atoms with van der Waals surface area (Å²) in [5.41, 5.74) is -0.534. The van der Waals surface area contributed by atoms with E-state index in [0.29, 0.717) is 11.4 Å². The fourth-order valence-corrected chi connectivity index (χ4v) is 4.23. The zero-order valence-electron chi connectivity index (χ0n) is 9.81. The van der Waals surface area contributed by atoms with Crippen LogP contribution >= 0.6 is 11.6 Å². The summed E-state index contributed by atoms with van der Waals surface area (Å²) in [4.78, 5) is 15.8. The van der Waals surface area contributed by atoms with Crippen molar-refractivity contribution < 1.29 is 13.2 Å². The second kappa shape index (κ2) is 4.51. The number of hydrogen-bond donors (Lipinski definition) is 1. The van der Waals surface area contributed by atoms with Crippen molar-refractivity contribution in [2.45, 2.75) is 18.9 Å². The van der Waals surface area contributed by atoms with Gasteiger partial charge < -0.3 is 5.32 Å². The molecule has 0 radical (unpaired) electrons. The number of aromatic nitrogens is 1. The van der Waals surface area contributed by atoms with Crippen molar-refractivity contribution in [3.63, 3.8) is 0 Å². The minimum atomic E-state index is -3.05. The smallest absolute Gasteiger partial charge is 0.270 e. The standard InChI is InChI=1S/C11H13ClN2O3S/c1-11(3-5-18(16,17)7-11)14-10(15)9-6-8(12)2-4-13-9/h2,4,6H,3,5,7H2,1H3,(H,14,15)/t11-/m1/s1. The van der Waals surface area contributed by atoms with Gasteiger partial charge in [0.25, 0.3) is 5.91 Å². The lowest BCUT2D eigenvalue weighted by Crippen LogP contribution is -2.47. The van der Waals surface area contributed by atoms with Crippen LogP contribution in [-0.4, -0.2) is 36.4 Å². The van der Waals surface area contributed by atoms with Crippen LogP contribution in [0.15, 0.2) is 18.3 Å². The molecule has 0 saturated carbocycles. The topological polar surface area (TPSA) is 76.1 Å². The van der Waals surface area contributed by atoms with Gasteiger partial charge in [0.15, 0.2) is 9.84 Å². The summed E-state index contributed by atoms with van der Waals surface area (Å²) in [5.74, 6) is -0.337. The van der Waals surface area contributed by atoms with Crippen molar-refractivity contribution in [1.29, 1.82) is 0 Å². The van der Waals surface area contributed by atoms with Gasteiger partial charge >= 0.3 is 0 Å². The highest BCUT2D eigenvalue weighted by Gasteiger charge is 2.39. The van der Waals surface area contributed by atoms with Gasteiger partial charge in [-0.1, -0.05) is 11.6 Å². The van der Waals surface area contributed by atoms with E-state index in [0.717, 1.165) is 0 Å². The Balaban J connectivity index is 2.13. The molecule has 1 fully saturated rings. The average Bonchev–Trinajstić information content (AvgIpc) is 2.52. The third-order valence-electron chi connectivity index (χ3n) is 2.87. The summed E-state index contributed by atoms with van der Waals surface area (Å²) in [6.07, 6.45) is 1.85. The molecule has 0 aliphatic carbocycles. The van der Waals surface area contributed by atoms with E-state index in [1.807, 2.05) is 0 Å². The molecule has 18 heavy (non-hydrogen) atoms. The molecule has 1 N–H and O–H groups in total. The quantitative estimate of drug-likeness (QED) is 0.882. The molecular weight excluding hydrogens is 276 g/mol. The molecule has 1 amide bonds. The largest absolute Gasteiger partial charge is 0.344 e. The molecule has 2 heterocycles. The number of carbonyl (C=O) groups is 1. The SMILES string of the molecule is C[C@@]1(NC(=O)c2cc(Cl)ccn2)CCS(=O)(=O)C1. The summed E-state index contributed by atoms with van der Waals surface area (Å²) >= 11 is 5.77. The van der Waals surface area contributed by atoms with Crippen molar-refractivity contribution in [3.05, 3.63) is 29.0 Å². The van der Waals surface area contributed by atoms with Gasteiger partial charge in [0, 0.05) is 11.2 Å². The van der Waals surface area contributed by atoms with Gasteiger partial charge in [-0.3, -0.25) is 9.78 Å². The van der Waals surface area contributed by atoms with Gasteiger partial charge in [-0.15, -0.1) is 0 Å². The summed E-state index contributed by atoms with van der Waals surface area (Å²) < 4.78 is 22.9. The van der Waals surface area contributed by atoms with Crippen LogP contribution in [0.4, 0.5) is 0 Å². The van der Waals surface area contributed by atoms with Crippen molar-refractivity contribution in [3.8, 4) is 0 Å². The maximum Gasteiger partial charge on any atom is 0.270 e.